The molecule has 1 aromatic rings. The molecule has 0 saturated heterocycles. The van der Waals surface area contributed by atoms with Gasteiger partial charge in [0.25, 0.3) is 0 Å². The molecule has 0 unspecified atom stereocenters. The fraction of sp³-hybridized carbons (Fsp3) is 0.400. The molecule has 0 fully saturated rings. The Morgan fingerprint density at radius 1 is 1.79 bits per heavy atom. The fourth-order valence-corrected chi connectivity index (χ4v) is 1.69. The summed E-state index contributed by atoms with van der Waals surface area (Å²) in [5.74, 6) is 0.474. The number of nitrogens with one attached hydrogen (secondary N) is 1. The minimum Gasteiger partial charge on any atom is -0.367 e. The molecular weight excluding hydrogens is 178 g/mol. The maximum atomic E-state index is 10.9. The van der Waals surface area contributed by atoms with Crippen molar-refractivity contribution in [3.05, 3.63) is 23.4 Å². The van der Waals surface area contributed by atoms with E-state index in [0.717, 1.165) is 24.2 Å². The highest BCUT2D eigenvalue weighted by Crippen LogP contribution is 2.25. The third-order valence-electron chi connectivity index (χ3n) is 2.55. The molecule has 1 aliphatic rings. The first-order valence-corrected chi connectivity index (χ1v) is 4.76. The zero-order valence-corrected chi connectivity index (χ0v) is 8.08. The lowest BCUT2D eigenvalue weighted by Gasteiger charge is -2.04. The molecule has 14 heavy (non-hydrogen) atoms. The molecule has 0 aromatic carbocycles. The van der Waals surface area contributed by atoms with Crippen LogP contribution in [-0.4, -0.2) is 16.9 Å². The summed E-state index contributed by atoms with van der Waals surface area (Å²) in [6, 6.07) is 2.27. The number of nitrogens with zero attached hydrogens (tertiary/aromatic N) is 1. The van der Waals surface area contributed by atoms with Crippen molar-refractivity contribution in [3.8, 4) is 0 Å². The predicted octanol–water partition coefficient (Wildman–Crippen LogP) is 0.927. The monoisotopic (exact) mass is 191 g/mol. The largest absolute Gasteiger partial charge is 0.367 e. The molecule has 1 atom stereocenters. The standard InChI is InChI=1S/C10H13N3O/c1-2-8-4-6-3-7(9(11)14)5-12-10(6)13-8/h3,5,8H,2,4H2,1H3,(H2,11,14)(H,12,13)/t8-/m0/s1. The van der Waals surface area contributed by atoms with Crippen LogP contribution in [0.3, 0.4) is 0 Å². The van der Waals surface area contributed by atoms with Crippen LogP contribution in [-0.2, 0) is 6.42 Å². The van der Waals surface area contributed by atoms with Crippen LogP contribution in [0.4, 0.5) is 5.82 Å². The molecule has 1 aromatic heterocycles. The van der Waals surface area contributed by atoms with Gasteiger partial charge in [-0.2, -0.15) is 0 Å². The highest BCUT2D eigenvalue weighted by Gasteiger charge is 2.20. The van der Waals surface area contributed by atoms with Crippen LogP contribution in [0.25, 0.3) is 0 Å². The van der Waals surface area contributed by atoms with Crippen LogP contribution >= 0.6 is 0 Å². The molecule has 0 bridgehead atoms. The Hall–Kier alpha value is -1.58. The van der Waals surface area contributed by atoms with E-state index < -0.39 is 5.91 Å². The third kappa shape index (κ3) is 1.43. The van der Waals surface area contributed by atoms with E-state index in [9.17, 15) is 4.79 Å². The predicted molar refractivity (Wildman–Crippen MR) is 54.2 cm³/mol. The number of anilines is 1. The van der Waals surface area contributed by atoms with Gasteiger partial charge < -0.3 is 11.1 Å². The number of rotatable bonds is 2. The summed E-state index contributed by atoms with van der Waals surface area (Å²) >= 11 is 0. The zero-order chi connectivity index (χ0) is 10.1. The summed E-state index contributed by atoms with van der Waals surface area (Å²) < 4.78 is 0. The molecule has 4 heteroatoms. The Labute approximate surface area is 82.5 Å². The van der Waals surface area contributed by atoms with E-state index in [1.165, 1.54) is 6.20 Å². The summed E-state index contributed by atoms with van der Waals surface area (Å²) in [6.07, 6.45) is 3.51. The van der Waals surface area contributed by atoms with Gasteiger partial charge in [-0.15, -0.1) is 0 Å². The Morgan fingerprint density at radius 3 is 3.21 bits per heavy atom. The van der Waals surface area contributed by atoms with Gasteiger partial charge in [0.2, 0.25) is 5.91 Å². The molecule has 0 aliphatic carbocycles. The quantitative estimate of drug-likeness (QED) is 0.730. The van der Waals surface area contributed by atoms with Gasteiger partial charge in [-0.25, -0.2) is 4.98 Å². The number of fused-ring (bicyclic) bond motifs is 1. The topological polar surface area (TPSA) is 68.0 Å². The maximum absolute atomic E-state index is 10.9. The SMILES string of the molecule is CC[C@H]1Cc2cc(C(N)=O)cnc2N1. The minimum absolute atomic E-state index is 0.416. The normalized spacial score (nSPS) is 18.8. The van der Waals surface area contributed by atoms with Crippen molar-refractivity contribution >= 4 is 11.7 Å². The van der Waals surface area contributed by atoms with Crippen molar-refractivity contribution in [1.82, 2.24) is 4.98 Å². The molecule has 2 rings (SSSR count). The van der Waals surface area contributed by atoms with Crippen LogP contribution in [0.2, 0.25) is 0 Å². The van der Waals surface area contributed by atoms with Gasteiger partial charge in [-0.1, -0.05) is 6.92 Å². The first-order valence-electron chi connectivity index (χ1n) is 4.76. The summed E-state index contributed by atoms with van der Waals surface area (Å²) in [7, 11) is 0. The van der Waals surface area contributed by atoms with Crippen molar-refractivity contribution in [2.45, 2.75) is 25.8 Å². The molecule has 0 radical (unpaired) electrons. The second kappa shape index (κ2) is 3.29. The Balaban J connectivity index is 2.31. The number of hydrogen-bond acceptors (Lipinski definition) is 3. The third-order valence-corrected chi connectivity index (χ3v) is 2.55. The Kier molecular flexibility index (Phi) is 2.11. The molecule has 2 heterocycles. The van der Waals surface area contributed by atoms with E-state index in [4.69, 9.17) is 5.73 Å². The van der Waals surface area contributed by atoms with Crippen molar-refractivity contribution in [2.75, 3.05) is 5.32 Å². The van der Waals surface area contributed by atoms with E-state index in [1.807, 2.05) is 6.07 Å². The number of primary amides is 1. The molecule has 1 aliphatic heterocycles. The smallest absolute Gasteiger partial charge is 0.250 e. The number of carbonyl (C=O) groups is 1. The average molecular weight is 191 g/mol. The molecule has 3 N–H and O–H groups in total. The summed E-state index contributed by atoms with van der Waals surface area (Å²) in [6.45, 7) is 2.12. The van der Waals surface area contributed by atoms with Crippen molar-refractivity contribution in [2.24, 2.45) is 5.73 Å². The van der Waals surface area contributed by atoms with Gasteiger partial charge in [-0.05, 0) is 24.5 Å². The van der Waals surface area contributed by atoms with Gasteiger partial charge in [0.15, 0.2) is 0 Å². The summed E-state index contributed by atoms with van der Waals surface area (Å²) in [5, 5.41) is 3.29. The Morgan fingerprint density at radius 2 is 2.57 bits per heavy atom. The fourth-order valence-electron chi connectivity index (χ4n) is 1.69. The highest BCUT2D eigenvalue weighted by atomic mass is 16.1. The number of hydrogen-bond donors (Lipinski definition) is 2. The van der Waals surface area contributed by atoms with E-state index >= 15 is 0 Å². The molecule has 0 spiro atoms. The molecule has 74 valence electrons. The number of aromatic nitrogens is 1. The zero-order valence-electron chi connectivity index (χ0n) is 8.08. The van der Waals surface area contributed by atoms with E-state index in [1.54, 1.807) is 0 Å². The first kappa shape index (κ1) is 8.99. The van der Waals surface area contributed by atoms with Crippen LogP contribution in [0, 0.1) is 0 Å². The maximum Gasteiger partial charge on any atom is 0.250 e. The molecular formula is C10H13N3O. The second-order valence-corrected chi connectivity index (χ2v) is 3.55. The minimum atomic E-state index is -0.416. The lowest BCUT2D eigenvalue weighted by Crippen LogP contribution is -2.13. The van der Waals surface area contributed by atoms with Gasteiger partial charge >= 0.3 is 0 Å². The van der Waals surface area contributed by atoms with E-state index in [-0.39, 0.29) is 0 Å². The van der Waals surface area contributed by atoms with Gasteiger partial charge in [0.05, 0.1) is 5.56 Å². The summed E-state index contributed by atoms with van der Waals surface area (Å²) in [5.41, 5.74) is 6.75. The average Bonchev–Trinajstić information content (AvgIpc) is 2.58. The van der Waals surface area contributed by atoms with Crippen molar-refractivity contribution in [3.63, 3.8) is 0 Å². The van der Waals surface area contributed by atoms with Crippen LogP contribution in [0.1, 0.15) is 29.3 Å². The number of pyridine rings is 1. The van der Waals surface area contributed by atoms with Gasteiger partial charge in [0, 0.05) is 12.2 Å². The van der Waals surface area contributed by atoms with Gasteiger partial charge in [0.1, 0.15) is 5.82 Å². The van der Waals surface area contributed by atoms with Crippen molar-refractivity contribution in [1.29, 1.82) is 0 Å². The highest BCUT2D eigenvalue weighted by molar-refractivity contribution is 5.93. The van der Waals surface area contributed by atoms with Crippen molar-refractivity contribution < 1.29 is 4.79 Å². The van der Waals surface area contributed by atoms with Crippen LogP contribution in [0.15, 0.2) is 12.3 Å². The molecule has 4 nitrogen and oxygen atoms in total. The number of nitrogens with two attached hydrogens (primary N) is 1. The lowest BCUT2D eigenvalue weighted by molar-refractivity contribution is 0.1000. The molecule has 0 saturated carbocycles. The Bertz CT molecular complexity index is 376. The van der Waals surface area contributed by atoms with Crippen LogP contribution < -0.4 is 11.1 Å². The number of amides is 1. The summed E-state index contributed by atoms with van der Waals surface area (Å²) in [4.78, 5) is 15.1. The van der Waals surface area contributed by atoms with E-state index in [0.29, 0.717) is 11.6 Å². The lowest BCUT2D eigenvalue weighted by atomic mass is 10.1. The van der Waals surface area contributed by atoms with Gasteiger partial charge in [-0.3, -0.25) is 4.79 Å². The van der Waals surface area contributed by atoms with E-state index in [2.05, 4.69) is 17.2 Å². The van der Waals surface area contributed by atoms with Crippen LogP contribution in [0.5, 0.6) is 0 Å². The second-order valence-electron chi connectivity index (χ2n) is 3.55. The molecule has 1 amide bonds. The first-order chi connectivity index (χ1) is 6.70. The number of carbonyl (C=O) groups excluding carboxylic acids is 1.